The number of thiazole rings is 1. The Balaban J connectivity index is 1.62. The molecule has 1 heterocycles. The first-order valence-corrected chi connectivity index (χ1v) is 8.92. The summed E-state index contributed by atoms with van der Waals surface area (Å²) in [6.07, 6.45) is 0. The van der Waals surface area contributed by atoms with Crippen molar-refractivity contribution in [3.8, 4) is 5.75 Å². The number of anilines is 1. The molecule has 128 valence electrons. The number of nitrogens with zero attached hydrogens (tertiary/aromatic N) is 1. The molecule has 5 heteroatoms. The second kappa shape index (κ2) is 7.49. The van der Waals surface area contributed by atoms with Gasteiger partial charge in [-0.3, -0.25) is 4.79 Å². The fourth-order valence-corrected chi connectivity index (χ4v) is 3.08. The van der Waals surface area contributed by atoms with Gasteiger partial charge in [0.05, 0.1) is 10.7 Å². The Bertz CT molecular complexity index is 885. The lowest BCUT2D eigenvalue weighted by atomic mass is 10.1. The second-order valence-corrected chi connectivity index (χ2v) is 7.01. The maximum absolute atomic E-state index is 12.4. The van der Waals surface area contributed by atoms with Crippen molar-refractivity contribution in [1.29, 1.82) is 0 Å². The molecule has 0 fully saturated rings. The van der Waals surface area contributed by atoms with Crippen molar-refractivity contribution in [1.82, 2.24) is 4.98 Å². The highest BCUT2D eigenvalue weighted by molar-refractivity contribution is 7.09. The summed E-state index contributed by atoms with van der Waals surface area (Å²) in [5, 5.41) is 5.96. The molecule has 0 aliphatic rings. The number of benzene rings is 2. The number of aromatic nitrogens is 1. The largest absolute Gasteiger partial charge is 0.487 e. The van der Waals surface area contributed by atoms with Crippen LogP contribution >= 0.6 is 11.3 Å². The van der Waals surface area contributed by atoms with Gasteiger partial charge in [-0.2, -0.15) is 0 Å². The van der Waals surface area contributed by atoms with Gasteiger partial charge in [0.2, 0.25) is 0 Å². The maximum atomic E-state index is 12.4. The molecular formula is C20H20N2O2S. The third-order valence-corrected chi connectivity index (χ3v) is 4.62. The summed E-state index contributed by atoms with van der Waals surface area (Å²) >= 11 is 1.60. The zero-order valence-electron chi connectivity index (χ0n) is 14.5. The Morgan fingerprint density at radius 2 is 1.88 bits per heavy atom. The Morgan fingerprint density at radius 1 is 1.12 bits per heavy atom. The molecule has 1 amide bonds. The van der Waals surface area contributed by atoms with E-state index in [1.54, 1.807) is 35.6 Å². The summed E-state index contributed by atoms with van der Waals surface area (Å²) in [6.45, 7) is 6.42. The topological polar surface area (TPSA) is 51.2 Å². The monoisotopic (exact) mass is 352 g/mol. The fraction of sp³-hybridized carbons (Fsp3) is 0.200. The summed E-state index contributed by atoms with van der Waals surface area (Å²) in [6, 6.07) is 13.1. The zero-order chi connectivity index (χ0) is 17.8. The molecule has 0 spiro atoms. The number of carbonyl (C=O) groups excluding carboxylic acids is 1. The maximum Gasteiger partial charge on any atom is 0.255 e. The summed E-state index contributed by atoms with van der Waals surface area (Å²) in [5.74, 6) is 0.586. The van der Waals surface area contributed by atoms with Crippen molar-refractivity contribution in [2.75, 3.05) is 5.32 Å². The van der Waals surface area contributed by atoms with Gasteiger partial charge in [-0.1, -0.05) is 17.7 Å². The highest BCUT2D eigenvalue weighted by atomic mass is 32.1. The predicted octanol–water partition coefficient (Wildman–Crippen LogP) is 4.90. The molecular weight excluding hydrogens is 332 g/mol. The molecule has 25 heavy (non-hydrogen) atoms. The van der Waals surface area contributed by atoms with Gasteiger partial charge in [0, 0.05) is 16.6 Å². The zero-order valence-corrected chi connectivity index (χ0v) is 15.3. The number of nitrogens with one attached hydrogen (secondary N) is 1. The minimum atomic E-state index is -0.131. The molecule has 0 atom stereocenters. The number of rotatable bonds is 5. The summed E-state index contributed by atoms with van der Waals surface area (Å²) in [7, 11) is 0. The first-order valence-electron chi connectivity index (χ1n) is 8.04. The van der Waals surface area contributed by atoms with Crippen LogP contribution in [0.1, 0.15) is 32.2 Å². The van der Waals surface area contributed by atoms with Crippen molar-refractivity contribution in [2.24, 2.45) is 0 Å². The SMILES string of the molecule is Cc1ccc(NC(=O)c2ccc(OCc3csc(C)n3)cc2)c(C)c1. The third kappa shape index (κ3) is 4.45. The number of amides is 1. The van der Waals surface area contributed by atoms with E-state index in [0.29, 0.717) is 17.9 Å². The molecule has 3 rings (SSSR count). The molecule has 0 saturated heterocycles. The molecule has 1 aromatic heterocycles. The van der Waals surface area contributed by atoms with Gasteiger partial charge in [-0.15, -0.1) is 11.3 Å². The Morgan fingerprint density at radius 3 is 2.52 bits per heavy atom. The Labute approximate surface area is 151 Å². The van der Waals surface area contributed by atoms with E-state index in [9.17, 15) is 4.79 Å². The molecule has 0 aliphatic heterocycles. The van der Waals surface area contributed by atoms with E-state index in [4.69, 9.17) is 4.74 Å². The molecule has 0 radical (unpaired) electrons. The van der Waals surface area contributed by atoms with Crippen LogP contribution in [-0.2, 0) is 6.61 Å². The van der Waals surface area contributed by atoms with Crippen LogP contribution in [0, 0.1) is 20.8 Å². The van der Waals surface area contributed by atoms with Gasteiger partial charge < -0.3 is 10.1 Å². The summed E-state index contributed by atoms with van der Waals surface area (Å²) < 4.78 is 5.70. The number of aryl methyl sites for hydroxylation is 3. The van der Waals surface area contributed by atoms with E-state index in [2.05, 4.69) is 10.3 Å². The smallest absolute Gasteiger partial charge is 0.255 e. The van der Waals surface area contributed by atoms with Crippen LogP contribution in [0.3, 0.4) is 0 Å². The molecule has 3 aromatic rings. The van der Waals surface area contributed by atoms with Crippen LogP contribution in [0.5, 0.6) is 5.75 Å². The molecule has 4 nitrogen and oxygen atoms in total. The third-order valence-electron chi connectivity index (χ3n) is 3.80. The average molecular weight is 352 g/mol. The Hall–Kier alpha value is -2.66. The van der Waals surface area contributed by atoms with E-state index in [0.717, 1.165) is 22.0 Å². The van der Waals surface area contributed by atoms with Crippen molar-refractivity contribution in [3.05, 3.63) is 75.2 Å². The van der Waals surface area contributed by atoms with Gasteiger partial charge >= 0.3 is 0 Å². The van der Waals surface area contributed by atoms with Gasteiger partial charge in [0.15, 0.2) is 0 Å². The number of hydrogen-bond acceptors (Lipinski definition) is 4. The van der Waals surface area contributed by atoms with Crippen molar-refractivity contribution >= 4 is 22.9 Å². The molecule has 2 aromatic carbocycles. The first-order chi connectivity index (χ1) is 12.0. The molecule has 0 unspecified atom stereocenters. The number of hydrogen-bond donors (Lipinski definition) is 1. The molecule has 1 N–H and O–H groups in total. The lowest BCUT2D eigenvalue weighted by molar-refractivity contribution is 0.102. The lowest BCUT2D eigenvalue weighted by Gasteiger charge is -2.10. The van der Waals surface area contributed by atoms with E-state index in [1.165, 1.54) is 5.56 Å². The molecule has 0 saturated carbocycles. The van der Waals surface area contributed by atoms with Gasteiger partial charge in [0.1, 0.15) is 12.4 Å². The van der Waals surface area contributed by atoms with Gasteiger partial charge in [0.25, 0.3) is 5.91 Å². The minimum absolute atomic E-state index is 0.131. The fourth-order valence-electron chi connectivity index (χ4n) is 2.48. The second-order valence-electron chi connectivity index (χ2n) is 5.94. The van der Waals surface area contributed by atoms with Crippen LogP contribution in [0.25, 0.3) is 0 Å². The van der Waals surface area contributed by atoms with Crippen LogP contribution < -0.4 is 10.1 Å². The normalized spacial score (nSPS) is 10.5. The van der Waals surface area contributed by atoms with Crippen LogP contribution in [-0.4, -0.2) is 10.9 Å². The quantitative estimate of drug-likeness (QED) is 0.710. The van der Waals surface area contributed by atoms with E-state index in [1.807, 2.05) is 44.4 Å². The van der Waals surface area contributed by atoms with Gasteiger partial charge in [-0.25, -0.2) is 4.98 Å². The van der Waals surface area contributed by atoms with E-state index >= 15 is 0 Å². The van der Waals surface area contributed by atoms with Crippen molar-refractivity contribution in [2.45, 2.75) is 27.4 Å². The number of ether oxygens (including phenoxy) is 1. The highest BCUT2D eigenvalue weighted by Crippen LogP contribution is 2.19. The van der Waals surface area contributed by atoms with Crippen LogP contribution in [0.15, 0.2) is 47.8 Å². The van der Waals surface area contributed by atoms with E-state index in [-0.39, 0.29) is 5.91 Å². The predicted molar refractivity (Wildman–Crippen MR) is 101 cm³/mol. The lowest BCUT2D eigenvalue weighted by Crippen LogP contribution is -2.12. The van der Waals surface area contributed by atoms with Crippen LogP contribution in [0.4, 0.5) is 5.69 Å². The van der Waals surface area contributed by atoms with Crippen molar-refractivity contribution in [3.63, 3.8) is 0 Å². The minimum Gasteiger partial charge on any atom is -0.487 e. The van der Waals surface area contributed by atoms with Gasteiger partial charge in [-0.05, 0) is 56.7 Å². The van der Waals surface area contributed by atoms with Crippen molar-refractivity contribution < 1.29 is 9.53 Å². The highest BCUT2D eigenvalue weighted by Gasteiger charge is 2.08. The first kappa shape index (κ1) is 17.2. The molecule has 0 aliphatic carbocycles. The summed E-state index contributed by atoms with van der Waals surface area (Å²) in [5.41, 5.74) is 4.56. The number of carbonyl (C=O) groups is 1. The average Bonchev–Trinajstić information content (AvgIpc) is 3.01. The standard InChI is InChI=1S/C20H20N2O2S/c1-13-4-9-19(14(2)10-13)22-20(23)16-5-7-18(8-6-16)24-11-17-12-25-15(3)21-17/h4-10,12H,11H2,1-3H3,(H,22,23). The summed E-state index contributed by atoms with van der Waals surface area (Å²) in [4.78, 5) is 16.7. The molecule has 0 bridgehead atoms. The van der Waals surface area contributed by atoms with E-state index < -0.39 is 0 Å². The Kier molecular flexibility index (Phi) is 5.14. The van der Waals surface area contributed by atoms with Crippen LogP contribution in [0.2, 0.25) is 0 Å².